The Kier molecular flexibility index (Phi) is 5.26. The van der Waals surface area contributed by atoms with Crippen molar-refractivity contribution in [2.24, 2.45) is 11.3 Å². The van der Waals surface area contributed by atoms with E-state index >= 15 is 0 Å². The zero-order chi connectivity index (χ0) is 12.2. The van der Waals surface area contributed by atoms with Crippen molar-refractivity contribution in [1.29, 1.82) is 0 Å². The van der Waals surface area contributed by atoms with Crippen LogP contribution in [0.5, 0.6) is 0 Å². The average Bonchev–Trinajstić information content (AvgIpc) is 2.19. The van der Waals surface area contributed by atoms with Gasteiger partial charge in [0.25, 0.3) is 0 Å². The molecular formula is C14H29NO. The molecule has 0 bridgehead atoms. The summed E-state index contributed by atoms with van der Waals surface area (Å²) < 4.78 is 5.35. The summed E-state index contributed by atoms with van der Waals surface area (Å²) in [5, 5.41) is 3.66. The monoisotopic (exact) mass is 227 g/mol. The molecule has 1 fully saturated rings. The normalized spacial score (nSPS) is 22.9. The van der Waals surface area contributed by atoms with Crippen LogP contribution < -0.4 is 5.32 Å². The van der Waals surface area contributed by atoms with Crippen molar-refractivity contribution in [3.05, 3.63) is 0 Å². The minimum Gasteiger partial charge on any atom is -0.380 e. The Balaban J connectivity index is 2.34. The maximum atomic E-state index is 5.35. The lowest BCUT2D eigenvalue weighted by Crippen LogP contribution is -2.46. The van der Waals surface area contributed by atoms with E-state index in [1.165, 1.54) is 32.2 Å². The van der Waals surface area contributed by atoms with Crippen LogP contribution in [-0.2, 0) is 4.74 Å². The summed E-state index contributed by atoms with van der Waals surface area (Å²) in [4.78, 5) is 0. The fourth-order valence-corrected chi connectivity index (χ4v) is 2.74. The number of methoxy groups -OCH3 is 1. The molecule has 1 N–H and O–H groups in total. The van der Waals surface area contributed by atoms with Crippen LogP contribution in [0.2, 0.25) is 0 Å². The molecule has 0 radical (unpaired) electrons. The molecule has 0 aromatic heterocycles. The summed E-state index contributed by atoms with van der Waals surface area (Å²) in [7, 11) is 1.79. The first-order valence-corrected chi connectivity index (χ1v) is 6.75. The molecular weight excluding hydrogens is 198 g/mol. The largest absolute Gasteiger partial charge is 0.380 e. The summed E-state index contributed by atoms with van der Waals surface area (Å²) in [6.07, 6.45) is 5.91. The molecule has 16 heavy (non-hydrogen) atoms. The van der Waals surface area contributed by atoms with E-state index in [0.29, 0.717) is 17.6 Å². The average molecular weight is 227 g/mol. The van der Waals surface area contributed by atoms with Gasteiger partial charge in [0.2, 0.25) is 0 Å². The third kappa shape index (κ3) is 3.74. The van der Waals surface area contributed by atoms with E-state index in [1.807, 2.05) is 0 Å². The first kappa shape index (κ1) is 14.0. The van der Waals surface area contributed by atoms with Crippen LogP contribution in [0.1, 0.15) is 53.4 Å². The summed E-state index contributed by atoms with van der Waals surface area (Å²) in [5.74, 6) is 0.817. The van der Waals surface area contributed by atoms with Crippen molar-refractivity contribution in [2.75, 3.05) is 13.7 Å². The van der Waals surface area contributed by atoms with E-state index in [9.17, 15) is 0 Å². The van der Waals surface area contributed by atoms with Crippen molar-refractivity contribution < 1.29 is 4.74 Å². The summed E-state index contributed by atoms with van der Waals surface area (Å²) >= 11 is 0. The predicted octanol–water partition coefficient (Wildman–Crippen LogP) is 3.22. The molecule has 1 rings (SSSR count). The van der Waals surface area contributed by atoms with Gasteiger partial charge in [0.1, 0.15) is 0 Å². The fourth-order valence-electron chi connectivity index (χ4n) is 2.74. The van der Waals surface area contributed by atoms with Crippen molar-refractivity contribution in [1.82, 2.24) is 5.32 Å². The van der Waals surface area contributed by atoms with Crippen LogP contribution in [-0.4, -0.2) is 25.8 Å². The predicted molar refractivity (Wildman–Crippen MR) is 69.7 cm³/mol. The second-order valence-electron chi connectivity index (χ2n) is 6.06. The molecule has 1 aliphatic rings. The van der Waals surface area contributed by atoms with Gasteiger partial charge in [-0.25, -0.2) is 0 Å². The topological polar surface area (TPSA) is 21.3 Å². The quantitative estimate of drug-likeness (QED) is 0.721. The molecule has 2 heteroatoms. The zero-order valence-electron chi connectivity index (χ0n) is 11.7. The van der Waals surface area contributed by atoms with Gasteiger partial charge in [-0.3, -0.25) is 0 Å². The van der Waals surface area contributed by atoms with Crippen molar-refractivity contribution in [2.45, 2.75) is 65.5 Å². The Labute approximate surface area is 101 Å². The lowest BCUT2D eigenvalue weighted by atomic mass is 9.64. The second-order valence-corrected chi connectivity index (χ2v) is 6.06. The SMILES string of the molecule is COC(C)C(C)NCC1(CC(C)C)CCC1. The number of hydrogen-bond acceptors (Lipinski definition) is 2. The van der Waals surface area contributed by atoms with Crippen LogP contribution in [0.15, 0.2) is 0 Å². The van der Waals surface area contributed by atoms with Gasteiger partial charge < -0.3 is 10.1 Å². The summed E-state index contributed by atoms with van der Waals surface area (Å²) in [5.41, 5.74) is 0.593. The van der Waals surface area contributed by atoms with Crippen molar-refractivity contribution in [3.8, 4) is 0 Å². The van der Waals surface area contributed by atoms with Crippen LogP contribution in [0.3, 0.4) is 0 Å². The molecule has 0 spiro atoms. The van der Waals surface area contributed by atoms with Crippen molar-refractivity contribution in [3.63, 3.8) is 0 Å². The highest BCUT2D eigenvalue weighted by atomic mass is 16.5. The molecule has 1 saturated carbocycles. The molecule has 0 heterocycles. The number of hydrogen-bond donors (Lipinski definition) is 1. The van der Waals surface area contributed by atoms with Gasteiger partial charge in [-0.1, -0.05) is 20.3 Å². The van der Waals surface area contributed by atoms with E-state index in [0.717, 1.165) is 5.92 Å². The smallest absolute Gasteiger partial charge is 0.0693 e. The Morgan fingerprint density at radius 2 is 1.81 bits per heavy atom. The standard InChI is InChI=1S/C14H29NO/c1-11(2)9-14(7-6-8-14)10-15-12(3)13(4)16-5/h11-13,15H,6-10H2,1-5H3. The van der Waals surface area contributed by atoms with Crippen LogP contribution >= 0.6 is 0 Å². The Bertz CT molecular complexity index is 199. The van der Waals surface area contributed by atoms with Crippen molar-refractivity contribution >= 4 is 0 Å². The van der Waals surface area contributed by atoms with Gasteiger partial charge >= 0.3 is 0 Å². The minimum atomic E-state index is 0.302. The molecule has 0 amide bonds. The van der Waals surface area contributed by atoms with E-state index in [4.69, 9.17) is 4.74 Å². The molecule has 2 unspecified atom stereocenters. The molecule has 0 aliphatic heterocycles. The lowest BCUT2D eigenvalue weighted by Gasteiger charge is -2.44. The Morgan fingerprint density at radius 1 is 1.19 bits per heavy atom. The van der Waals surface area contributed by atoms with E-state index in [-0.39, 0.29) is 0 Å². The highest BCUT2D eigenvalue weighted by molar-refractivity contribution is 4.91. The van der Waals surface area contributed by atoms with Crippen LogP contribution in [0, 0.1) is 11.3 Å². The lowest BCUT2D eigenvalue weighted by molar-refractivity contribution is 0.0603. The molecule has 0 aromatic rings. The Hall–Kier alpha value is -0.0800. The summed E-state index contributed by atoms with van der Waals surface area (Å²) in [6.45, 7) is 10.2. The van der Waals surface area contributed by atoms with Gasteiger partial charge in [0.05, 0.1) is 6.10 Å². The van der Waals surface area contributed by atoms with Gasteiger partial charge in [-0.05, 0) is 44.4 Å². The van der Waals surface area contributed by atoms with Gasteiger partial charge in [0.15, 0.2) is 0 Å². The minimum absolute atomic E-state index is 0.302. The van der Waals surface area contributed by atoms with Crippen LogP contribution in [0.4, 0.5) is 0 Å². The second kappa shape index (κ2) is 6.02. The number of ether oxygens (including phenoxy) is 1. The van der Waals surface area contributed by atoms with Crippen LogP contribution in [0.25, 0.3) is 0 Å². The summed E-state index contributed by atoms with van der Waals surface area (Å²) in [6, 6.07) is 0.453. The maximum absolute atomic E-state index is 5.35. The number of rotatable bonds is 7. The van der Waals surface area contributed by atoms with Gasteiger partial charge in [-0.15, -0.1) is 0 Å². The molecule has 96 valence electrons. The Morgan fingerprint density at radius 3 is 2.19 bits per heavy atom. The molecule has 1 aliphatic carbocycles. The first-order valence-electron chi connectivity index (χ1n) is 6.75. The third-order valence-electron chi connectivity index (χ3n) is 4.13. The highest BCUT2D eigenvalue weighted by Crippen LogP contribution is 2.45. The van der Waals surface area contributed by atoms with E-state index in [2.05, 4.69) is 33.0 Å². The fraction of sp³-hybridized carbons (Fsp3) is 1.00. The number of nitrogens with one attached hydrogen (secondary N) is 1. The molecule has 0 aromatic carbocycles. The zero-order valence-corrected chi connectivity index (χ0v) is 11.7. The first-order chi connectivity index (χ1) is 7.49. The van der Waals surface area contributed by atoms with E-state index in [1.54, 1.807) is 7.11 Å². The van der Waals surface area contributed by atoms with Gasteiger partial charge in [-0.2, -0.15) is 0 Å². The maximum Gasteiger partial charge on any atom is 0.0693 e. The van der Waals surface area contributed by atoms with Gasteiger partial charge in [0, 0.05) is 19.7 Å². The third-order valence-corrected chi connectivity index (χ3v) is 4.13. The molecule has 2 nitrogen and oxygen atoms in total. The van der Waals surface area contributed by atoms with E-state index < -0.39 is 0 Å². The highest BCUT2D eigenvalue weighted by Gasteiger charge is 2.37. The molecule has 2 atom stereocenters. The molecule has 0 saturated heterocycles.